The summed E-state index contributed by atoms with van der Waals surface area (Å²) in [5, 5.41) is 12.5. The lowest BCUT2D eigenvalue weighted by Gasteiger charge is -2.19. The van der Waals surface area contributed by atoms with Crippen molar-refractivity contribution in [2.24, 2.45) is 5.92 Å². The normalized spacial score (nSPS) is 13.5. The van der Waals surface area contributed by atoms with E-state index in [1.807, 2.05) is 50.2 Å². The first-order valence-corrected chi connectivity index (χ1v) is 7.67. The van der Waals surface area contributed by atoms with Gasteiger partial charge in [-0.1, -0.05) is 54.9 Å². The van der Waals surface area contributed by atoms with Crippen LogP contribution in [0.4, 0.5) is 0 Å². The molecule has 0 spiro atoms. The van der Waals surface area contributed by atoms with Crippen LogP contribution in [0.3, 0.4) is 0 Å². The first-order valence-electron chi connectivity index (χ1n) is 7.29. The van der Waals surface area contributed by atoms with Gasteiger partial charge in [-0.25, -0.2) is 0 Å². The largest absolute Gasteiger partial charge is 0.396 e. The Hall–Kier alpha value is -1.84. The molecule has 22 heavy (non-hydrogen) atoms. The number of aliphatic hydroxyl groups is 1. The molecule has 0 radical (unpaired) electrons. The number of carbonyl (C=O) groups is 1. The van der Waals surface area contributed by atoms with Crippen LogP contribution >= 0.6 is 11.6 Å². The van der Waals surface area contributed by atoms with Crippen molar-refractivity contribution in [3.8, 4) is 11.1 Å². The topological polar surface area (TPSA) is 49.3 Å². The molecule has 0 saturated heterocycles. The quantitative estimate of drug-likeness (QED) is 0.882. The molecule has 3 nitrogen and oxygen atoms in total. The number of benzene rings is 2. The van der Waals surface area contributed by atoms with Crippen LogP contribution in [0.15, 0.2) is 48.5 Å². The first kappa shape index (κ1) is 16.5. The Kier molecular flexibility index (Phi) is 5.58. The predicted octanol–water partition coefficient (Wildman–Crippen LogP) is 3.75. The first-order chi connectivity index (χ1) is 10.5. The number of hydrogen-bond donors (Lipinski definition) is 2. The van der Waals surface area contributed by atoms with Crippen molar-refractivity contribution < 1.29 is 9.90 Å². The molecule has 0 heterocycles. The van der Waals surface area contributed by atoms with E-state index in [0.717, 1.165) is 11.1 Å². The SMILES string of the molecule is CC(CO)C(C)NC(=O)c1cc(-c2ccccc2)ccc1Cl. The minimum atomic E-state index is -0.226. The number of amides is 1. The molecule has 2 atom stereocenters. The molecular formula is C18H20ClNO2. The molecule has 0 aromatic heterocycles. The van der Waals surface area contributed by atoms with Crippen molar-refractivity contribution >= 4 is 17.5 Å². The third-order valence-electron chi connectivity index (χ3n) is 3.82. The minimum absolute atomic E-state index is 0.0139. The van der Waals surface area contributed by atoms with Crippen molar-refractivity contribution in [1.29, 1.82) is 0 Å². The molecule has 4 heteroatoms. The van der Waals surface area contributed by atoms with Crippen LogP contribution in [-0.2, 0) is 0 Å². The van der Waals surface area contributed by atoms with Gasteiger partial charge in [0.25, 0.3) is 5.91 Å². The van der Waals surface area contributed by atoms with E-state index in [-0.39, 0.29) is 24.5 Å². The third-order valence-corrected chi connectivity index (χ3v) is 4.15. The van der Waals surface area contributed by atoms with Gasteiger partial charge in [-0.05, 0) is 36.1 Å². The summed E-state index contributed by atoms with van der Waals surface area (Å²) in [6.45, 7) is 3.78. The summed E-state index contributed by atoms with van der Waals surface area (Å²) in [7, 11) is 0. The van der Waals surface area contributed by atoms with E-state index >= 15 is 0 Å². The Morgan fingerprint density at radius 3 is 2.45 bits per heavy atom. The Labute approximate surface area is 135 Å². The highest BCUT2D eigenvalue weighted by molar-refractivity contribution is 6.34. The van der Waals surface area contributed by atoms with Crippen LogP contribution in [0.2, 0.25) is 5.02 Å². The molecule has 2 aromatic rings. The number of hydrogen-bond acceptors (Lipinski definition) is 2. The fraction of sp³-hybridized carbons (Fsp3) is 0.278. The molecular weight excluding hydrogens is 298 g/mol. The maximum Gasteiger partial charge on any atom is 0.253 e. The lowest BCUT2D eigenvalue weighted by molar-refractivity contribution is 0.0916. The molecule has 1 amide bonds. The summed E-state index contributed by atoms with van der Waals surface area (Å²) in [5.74, 6) is -0.240. The average Bonchev–Trinajstić information content (AvgIpc) is 2.55. The Bertz CT molecular complexity index is 643. The minimum Gasteiger partial charge on any atom is -0.396 e. The smallest absolute Gasteiger partial charge is 0.253 e. The van der Waals surface area contributed by atoms with E-state index in [1.54, 1.807) is 12.1 Å². The van der Waals surface area contributed by atoms with Gasteiger partial charge in [0, 0.05) is 12.6 Å². The van der Waals surface area contributed by atoms with Crippen LogP contribution in [0.25, 0.3) is 11.1 Å². The van der Waals surface area contributed by atoms with Crippen molar-refractivity contribution in [3.63, 3.8) is 0 Å². The van der Waals surface area contributed by atoms with Gasteiger partial charge in [-0.2, -0.15) is 0 Å². The summed E-state index contributed by atoms with van der Waals surface area (Å²) in [6, 6.07) is 15.1. The van der Waals surface area contributed by atoms with Crippen molar-refractivity contribution in [1.82, 2.24) is 5.32 Å². The average molecular weight is 318 g/mol. The van der Waals surface area contributed by atoms with Crippen LogP contribution in [0.1, 0.15) is 24.2 Å². The van der Waals surface area contributed by atoms with Crippen LogP contribution in [0, 0.1) is 5.92 Å². The van der Waals surface area contributed by atoms with Gasteiger partial charge in [-0.15, -0.1) is 0 Å². The standard InChI is InChI=1S/C18H20ClNO2/c1-12(11-21)13(2)20-18(22)16-10-15(8-9-17(16)19)14-6-4-3-5-7-14/h3-10,12-13,21H,11H2,1-2H3,(H,20,22). The highest BCUT2D eigenvalue weighted by Crippen LogP contribution is 2.25. The Balaban J connectivity index is 2.25. The number of aliphatic hydroxyl groups excluding tert-OH is 1. The second kappa shape index (κ2) is 7.43. The van der Waals surface area contributed by atoms with Crippen molar-refractivity contribution in [2.45, 2.75) is 19.9 Å². The zero-order chi connectivity index (χ0) is 16.1. The van der Waals surface area contributed by atoms with E-state index in [1.165, 1.54) is 0 Å². The fourth-order valence-corrected chi connectivity index (χ4v) is 2.30. The molecule has 0 saturated carbocycles. The molecule has 116 valence electrons. The lowest BCUT2D eigenvalue weighted by Crippen LogP contribution is -2.38. The molecule has 2 N–H and O–H groups in total. The second-order valence-corrected chi connectivity index (χ2v) is 5.89. The Morgan fingerprint density at radius 1 is 1.14 bits per heavy atom. The Morgan fingerprint density at radius 2 is 1.82 bits per heavy atom. The summed E-state index contributed by atoms with van der Waals surface area (Å²) in [5.41, 5.74) is 2.42. The highest BCUT2D eigenvalue weighted by atomic mass is 35.5. The summed E-state index contributed by atoms with van der Waals surface area (Å²) in [4.78, 5) is 12.4. The van der Waals surface area contributed by atoms with E-state index in [2.05, 4.69) is 5.32 Å². The molecule has 2 unspecified atom stereocenters. The molecule has 0 aliphatic heterocycles. The summed E-state index contributed by atoms with van der Waals surface area (Å²) >= 11 is 6.17. The van der Waals surface area contributed by atoms with Crippen molar-refractivity contribution in [3.05, 3.63) is 59.1 Å². The maximum atomic E-state index is 12.4. The van der Waals surface area contributed by atoms with Gasteiger partial charge in [0.15, 0.2) is 0 Å². The van der Waals surface area contributed by atoms with Gasteiger partial charge in [0.2, 0.25) is 0 Å². The van der Waals surface area contributed by atoms with Gasteiger partial charge < -0.3 is 10.4 Å². The monoisotopic (exact) mass is 317 g/mol. The third kappa shape index (κ3) is 3.87. The molecule has 0 aliphatic rings. The molecule has 2 aromatic carbocycles. The van der Waals surface area contributed by atoms with E-state index in [9.17, 15) is 4.79 Å². The van der Waals surface area contributed by atoms with Gasteiger partial charge >= 0.3 is 0 Å². The molecule has 0 bridgehead atoms. The predicted molar refractivity (Wildman–Crippen MR) is 90.1 cm³/mol. The number of rotatable bonds is 5. The lowest BCUT2D eigenvalue weighted by atomic mass is 10.0. The number of halogens is 1. The molecule has 2 rings (SSSR count). The molecule has 0 aliphatic carbocycles. The van der Waals surface area contributed by atoms with Crippen LogP contribution in [-0.4, -0.2) is 23.7 Å². The second-order valence-electron chi connectivity index (χ2n) is 5.48. The van der Waals surface area contributed by atoms with Gasteiger partial charge in [-0.3, -0.25) is 4.79 Å². The summed E-state index contributed by atoms with van der Waals surface area (Å²) < 4.78 is 0. The number of nitrogens with one attached hydrogen (secondary N) is 1. The van der Waals surface area contributed by atoms with Gasteiger partial charge in [0.1, 0.15) is 0 Å². The zero-order valence-electron chi connectivity index (χ0n) is 12.7. The number of carbonyl (C=O) groups excluding carboxylic acids is 1. The van der Waals surface area contributed by atoms with E-state index in [4.69, 9.17) is 16.7 Å². The van der Waals surface area contributed by atoms with E-state index < -0.39 is 0 Å². The maximum absolute atomic E-state index is 12.4. The highest BCUT2D eigenvalue weighted by Gasteiger charge is 2.17. The van der Waals surface area contributed by atoms with Crippen LogP contribution < -0.4 is 5.32 Å². The fourth-order valence-electron chi connectivity index (χ4n) is 2.09. The zero-order valence-corrected chi connectivity index (χ0v) is 13.5. The summed E-state index contributed by atoms with van der Waals surface area (Å²) in [6.07, 6.45) is 0. The van der Waals surface area contributed by atoms with Crippen LogP contribution in [0.5, 0.6) is 0 Å². The molecule has 0 fully saturated rings. The van der Waals surface area contributed by atoms with E-state index in [0.29, 0.717) is 10.6 Å². The van der Waals surface area contributed by atoms with Gasteiger partial charge in [0.05, 0.1) is 10.6 Å². The van der Waals surface area contributed by atoms with Crippen molar-refractivity contribution in [2.75, 3.05) is 6.61 Å².